The third-order valence-electron chi connectivity index (χ3n) is 2.65. The quantitative estimate of drug-likeness (QED) is 0.264. The van der Waals surface area contributed by atoms with Crippen molar-refractivity contribution in [1.29, 1.82) is 0 Å². The lowest BCUT2D eigenvalue weighted by molar-refractivity contribution is -0.160. The summed E-state index contributed by atoms with van der Waals surface area (Å²) in [5.41, 5.74) is -0.506. The molecule has 0 aliphatic rings. The maximum atomic E-state index is 11.4. The molecular formula is C18H34O9. The van der Waals surface area contributed by atoms with Crippen LogP contribution in [0.4, 0.5) is 0 Å². The maximum Gasteiger partial charge on any atom is 0.332 e. The number of rotatable bonds is 17. The van der Waals surface area contributed by atoms with Crippen molar-refractivity contribution >= 4 is 11.9 Å². The van der Waals surface area contributed by atoms with Gasteiger partial charge in [0.1, 0.15) is 18.8 Å². The van der Waals surface area contributed by atoms with Gasteiger partial charge < -0.3 is 33.2 Å². The Morgan fingerprint density at radius 2 is 1.00 bits per heavy atom. The molecule has 0 aromatic heterocycles. The van der Waals surface area contributed by atoms with E-state index in [2.05, 4.69) is 0 Å². The topological polar surface area (TPSA) is 98.8 Å². The molecule has 0 rings (SSSR count). The lowest BCUT2D eigenvalue weighted by atomic mass is 10.2. The molecule has 0 unspecified atom stereocenters. The van der Waals surface area contributed by atoms with Gasteiger partial charge in [-0.3, -0.25) is 0 Å². The van der Waals surface area contributed by atoms with E-state index in [4.69, 9.17) is 33.2 Å². The minimum absolute atomic E-state index is 0.0630. The monoisotopic (exact) mass is 394 g/mol. The van der Waals surface area contributed by atoms with Crippen molar-refractivity contribution in [3.63, 3.8) is 0 Å². The van der Waals surface area contributed by atoms with E-state index in [1.54, 1.807) is 27.7 Å². The lowest BCUT2D eigenvalue weighted by Crippen LogP contribution is -2.27. The molecule has 9 nitrogen and oxygen atoms in total. The summed E-state index contributed by atoms with van der Waals surface area (Å²) in [6, 6.07) is 0. The van der Waals surface area contributed by atoms with Gasteiger partial charge in [-0.1, -0.05) is 0 Å². The highest BCUT2D eigenvalue weighted by Crippen LogP contribution is 2.06. The Kier molecular flexibility index (Phi) is 16.1. The molecule has 160 valence electrons. The third-order valence-corrected chi connectivity index (χ3v) is 2.65. The summed E-state index contributed by atoms with van der Waals surface area (Å²) < 4.78 is 36.0. The highest BCUT2D eigenvalue weighted by molar-refractivity contribution is 5.71. The fraction of sp³-hybridized carbons (Fsp3) is 0.889. The molecule has 0 atom stereocenters. The Morgan fingerprint density at radius 3 is 1.37 bits per heavy atom. The number of hydrogen-bond donors (Lipinski definition) is 0. The number of esters is 2. The van der Waals surface area contributed by atoms with E-state index in [1.807, 2.05) is 0 Å². The summed E-state index contributed by atoms with van der Waals surface area (Å²) in [5, 5.41) is 0. The van der Waals surface area contributed by atoms with E-state index in [0.29, 0.717) is 59.5 Å². The average Bonchev–Trinajstić information content (AvgIpc) is 2.57. The minimum Gasteiger partial charge on any atom is -0.464 e. The Labute approximate surface area is 161 Å². The van der Waals surface area contributed by atoms with Crippen LogP contribution in [-0.2, 0) is 42.7 Å². The smallest absolute Gasteiger partial charge is 0.332 e. The van der Waals surface area contributed by atoms with Crippen LogP contribution >= 0.6 is 0 Å². The summed E-state index contributed by atoms with van der Waals surface area (Å²) in [5.74, 6) is -0.770. The van der Waals surface area contributed by atoms with E-state index in [1.165, 1.54) is 0 Å². The van der Waals surface area contributed by atoms with Crippen molar-refractivity contribution in [3.8, 4) is 0 Å². The maximum absolute atomic E-state index is 11.4. The highest BCUT2D eigenvalue weighted by Gasteiger charge is 2.15. The molecule has 0 bridgehead atoms. The van der Waals surface area contributed by atoms with Crippen LogP contribution in [0.25, 0.3) is 0 Å². The molecule has 0 aromatic carbocycles. The molecule has 0 fully saturated rings. The van der Waals surface area contributed by atoms with Crippen molar-refractivity contribution < 1.29 is 42.7 Å². The molecule has 9 heteroatoms. The van der Waals surface area contributed by atoms with Crippen molar-refractivity contribution in [1.82, 2.24) is 0 Å². The fourth-order valence-corrected chi connectivity index (χ4v) is 1.66. The highest BCUT2D eigenvalue weighted by atomic mass is 16.6. The zero-order valence-electron chi connectivity index (χ0n) is 17.0. The van der Waals surface area contributed by atoms with Gasteiger partial charge in [0, 0.05) is 0 Å². The first-order valence-corrected chi connectivity index (χ1v) is 9.11. The average molecular weight is 394 g/mol. The largest absolute Gasteiger partial charge is 0.464 e. The van der Waals surface area contributed by atoms with Gasteiger partial charge in [-0.2, -0.15) is 0 Å². The molecule has 0 amide bonds. The standard InChI is InChI=1S/C18H34O9/c1-5-26-16(19)14-24-12-10-22-8-6-21-7-9-23-11-13-25-15-17(20)27-18(2,3)4/h5-15H2,1-4H3. The molecule has 0 aliphatic heterocycles. The summed E-state index contributed by atoms with van der Waals surface area (Å²) in [6.45, 7) is 10.5. The Bertz CT molecular complexity index is 380. The van der Waals surface area contributed by atoms with Crippen molar-refractivity contribution in [2.24, 2.45) is 0 Å². The third kappa shape index (κ3) is 20.9. The fourth-order valence-electron chi connectivity index (χ4n) is 1.66. The van der Waals surface area contributed by atoms with Crippen LogP contribution in [0.15, 0.2) is 0 Å². The molecule has 0 saturated carbocycles. The van der Waals surface area contributed by atoms with Gasteiger partial charge in [0.15, 0.2) is 0 Å². The van der Waals surface area contributed by atoms with Gasteiger partial charge in [-0.05, 0) is 27.7 Å². The van der Waals surface area contributed by atoms with Gasteiger partial charge in [-0.25, -0.2) is 9.59 Å². The van der Waals surface area contributed by atoms with Crippen LogP contribution in [-0.4, -0.2) is 90.2 Å². The molecule has 27 heavy (non-hydrogen) atoms. The first-order chi connectivity index (χ1) is 12.8. The van der Waals surface area contributed by atoms with Crippen LogP contribution in [0, 0.1) is 0 Å². The van der Waals surface area contributed by atoms with Crippen LogP contribution in [0.3, 0.4) is 0 Å². The Balaban J connectivity index is 3.19. The van der Waals surface area contributed by atoms with Crippen LogP contribution in [0.2, 0.25) is 0 Å². The Hall–Kier alpha value is -1.26. The van der Waals surface area contributed by atoms with E-state index >= 15 is 0 Å². The second-order valence-corrected chi connectivity index (χ2v) is 6.33. The molecular weight excluding hydrogens is 360 g/mol. The summed E-state index contributed by atoms with van der Waals surface area (Å²) in [6.07, 6.45) is 0. The van der Waals surface area contributed by atoms with Gasteiger partial charge in [-0.15, -0.1) is 0 Å². The summed E-state index contributed by atoms with van der Waals surface area (Å²) in [7, 11) is 0. The normalized spacial score (nSPS) is 11.4. The Morgan fingerprint density at radius 1 is 0.630 bits per heavy atom. The molecule has 0 spiro atoms. The molecule has 0 radical (unpaired) electrons. The SMILES string of the molecule is CCOC(=O)COCCOCCOCCOCCOCC(=O)OC(C)(C)C. The molecule has 0 N–H and O–H groups in total. The van der Waals surface area contributed by atoms with Crippen LogP contribution in [0.5, 0.6) is 0 Å². The van der Waals surface area contributed by atoms with Gasteiger partial charge in [0.2, 0.25) is 0 Å². The van der Waals surface area contributed by atoms with Gasteiger partial charge in [0.05, 0.1) is 59.5 Å². The number of carbonyl (C=O) groups is 2. The van der Waals surface area contributed by atoms with Crippen LogP contribution in [0.1, 0.15) is 27.7 Å². The van der Waals surface area contributed by atoms with E-state index < -0.39 is 11.6 Å². The molecule has 0 heterocycles. The van der Waals surface area contributed by atoms with Crippen LogP contribution < -0.4 is 0 Å². The first-order valence-electron chi connectivity index (χ1n) is 9.11. The predicted octanol–water partition coefficient (Wildman–Crippen LogP) is 0.974. The molecule has 0 aliphatic carbocycles. The van der Waals surface area contributed by atoms with E-state index in [9.17, 15) is 9.59 Å². The zero-order valence-corrected chi connectivity index (χ0v) is 17.0. The van der Waals surface area contributed by atoms with Crippen molar-refractivity contribution in [2.75, 3.05) is 72.7 Å². The minimum atomic E-state index is -0.506. The number of ether oxygens (including phenoxy) is 7. The molecule has 0 saturated heterocycles. The predicted molar refractivity (Wildman–Crippen MR) is 96.6 cm³/mol. The molecule has 0 aromatic rings. The second-order valence-electron chi connectivity index (χ2n) is 6.33. The van der Waals surface area contributed by atoms with Crippen molar-refractivity contribution in [2.45, 2.75) is 33.3 Å². The summed E-state index contributed by atoms with van der Waals surface area (Å²) in [4.78, 5) is 22.4. The van der Waals surface area contributed by atoms with E-state index in [0.717, 1.165) is 0 Å². The zero-order chi connectivity index (χ0) is 20.4. The lowest BCUT2D eigenvalue weighted by Gasteiger charge is -2.19. The first kappa shape index (κ1) is 25.7. The number of carbonyl (C=O) groups excluding carboxylic acids is 2. The second kappa shape index (κ2) is 16.9. The van der Waals surface area contributed by atoms with E-state index in [-0.39, 0.29) is 19.2 Å². The van der Waals surface area contributed by atoms with Gasteiger partial charge in [0.25, 0.3) is 0 Å². The van der Waals surface area contributed by atoms with Gasteiger partial charge >= 0.3 is 11.9 Å². The van der Waals surface area contributed by atoms with Crippen molar-refractivity contribution in [3.05, 3.63) is 0 Å². The number of hydrogen-bond acceptors (Lipinski definition) is 9. The summed E-state index contributed by atoms with van der Waals surface area (Å²) >= 11 is 0.